The van der Waals surface area contributed by atoms with E-state index in [1.807, 2.05) is 13.8 Å². The van der Waals surface area contributed by atoms with Crippen molar-refractivity contribution in [3.05, 3.63) is 86.5 Å². The average molecular weight is 499 g/mol. The molecule has 0 radical (unpaired) electrons. The van der Waals surface area contributed by atoms with E-state index in [0.717, 1.165) is 27.4 Å². The highest BCUT2D eigenvalue weighted by Gasteiger charge is 2.49. The number of ether oxygens (including phenoxy) is 1. The van der Waals surface area contributed by atoms with Crippen molar-refractivity contribution >= 4 is 38.2 Å². The molecule has 34 heavy (non-hydrogen) atoms. The van der Waals surface area contributed by atoms with Gasteiger partial charge in [0.15, 0.2) is 10.9 Å². The summed E-state index contributed by atoms with van der Waals surface area (Å²) in [6, 6.07) is 12.0. The molecule has 0 aliphatic carbocycles. The van der Waals surface area contributed by atoms with E-state index in [1.54, 1.807) is 43.3 Å². The van der Waals surface area contributed by atoms with Gasteiger partial charge in [0.05, 0.1) is 17.7 Å². The van der Waals surface area contributed by atoms with Crippen LogP contribution in [0.1, 0.15) is 38.1 Å². The number of methoxy groups -OCH3 is 1. The van der Waals surface area contributed by atoms with Crippen molar-refractivity contribution in [2.24, 2.45) is 0 Å². The Balaban J connectivity index is 1.93. The standard InChI is InChI=1S/C24H22N2O6S2/c1-13-5-9-16(10-6-13)18-21(34(30,31)17-11-7-14(2)8-12-17)19(27)22(28)26(18)24-25-15(3)20(33-24)23(29)32-4/h5-12,18,27H,1-4H3/t18-/m0/s1. The summed E-state index contributed by atoms with van der Waals surface area (Å²) in [5.74, 6) is -2.41. The van der Waals surface area contributed by atoms with Crippen molar-refractivity contribution in [2.75, 3.05) is 12.0 Å². The van der Waals surface area contributed by atoms with Gasteiger partial charge in [-0.2, -0.15) is 0 Å². The minimum Gasteiger partial charge on any atom is -0.502 e. The van der Waals surface area contributed by atoms with Crippen LogP contribution in [0.2, 0.25) is 0 Å². The van der Waals surface area contributed by atoms with Gasteiger partial charge in [-0.3, -0.25) is 9.69 Å². The van der Waals surface area contributed by atoms with Crippen LogP contribution >= 0.6 is 11.3 Å². The fourth-order valence-corrected chi connectivity index (χ4v) is 6.35. The maximum absolute atomic E-state index is 13.7. The van der Waals surface area contributed by atoms with E-state index >= 15 is 0 Å². The summed E-state index contributed by atoms with van der Waals surface area (Å²) in [5, 5.41) is 10.9. The lowest BCUT2D eigenvalue weighted by molar-refractivity contribution is -0.117. The third kappa shape index (κ3) is 3.88. The van der Waals surface area contributed by atoms with Crippen LogP contribution in [0.4, 0.5) is 5.13 Å². The topological polar surface area (TPSA) is 114 Å². The third-order valence-electron chi connectivity index (χ3n) is 5.54. The van der Waals surface area contributed by atoms with Crippen molar-refractivity contribution in [3.63, 3.8) is 0 Å². The molecule has 1 atom stereocenters. The highest BCUT2D eigenvalue weighted by atomic mass is 32.2. The van der Waals surface area contributed by atoms with E-state index < -0.39 is 38.4 Å². The molecule has 0 unspecified atom stereocenters. The van der Waals surface area contributed by atoms with Gasteiger partial charge in [0.1, 0.15) is 15.8 Å². The number of anilines is 1. The molecule has 4 rings (SSSR count). The second-order valence-corrected chi connectivity index (χ2v) is 10.8. The molecule has 10 heteroatoms. The van der Waals surface area contributed by atoms with E-state index in [9.17, 15) is 23.1 Å². The predicted molar refractivity (Wildman–Crippen MR) is 128 cm³/mol. The number of carbonyl (C=O) groups is 2. The number of carbonyl (C=O) groups excluding carboxylic acids is 2. The Morgan fingerprint density at radius 2 is 1.59 bits per heavy atom. The fourth-order valence-electron chi connectivity index (χ4n) is 3.72. The Bertz CT molecular complexity index is 1420. The summed E-state index contributed by atoms with van der Waals surface area (Å²) in [6.45, 7) is 5.29. The van der Waals surface area contributed by atoms with Crippen LogP contribution in [-0.4, -0.2) is 37.5 Å². The number of aliphatic hydroxyl groups excluding tert-OH is 1. The van der Waals surface area contributed by atoms with Gasteiger partial charge in [-0.05, 0) is 38.5 Å². The van der Waals surface area contributed by atoms with Crippen LogP contribution in [0.25, 0.3) is 0 Å². The van der Waals surface area contributed by atoms with E-state index in [0.29, 0.717) is 11.3 Å². The van der Waals surface area contributed by atoms with Crippen LogP contribution in [0.3, 0.4) is 0 Å². The lowest BCUT2D eigenvalue weighted by Gasteiger charge is -2.25. The highest BCUT2D eigenvalue weighted by Crippen LogP contribution is 2.46. The van der Waals surface area contributed by atoms with Crippen molar-refractivity contribution in [3.8, 4) is 0 Å². The first-order valence-corrected chi connectivity index (χ1v) is 12.6. The Morgan fingerprint density at radius 1 is 1.03 bits per heavy atom. The highest BCUT2D eigenvalue weighted by molar-refractivity contribution is 7.95. The number of benzene rings is 2. The second-order valence-electron chi connectivity index (χ2n) is 7.92. The SMILES string of the molecule is COC(=O)c1sc(N2C(=O)C(O)=C(S(=O)(=O)c3ccc(C)cc3)[C@@H]2c2ccc(C)cc2)nc1C. The summed E-state index contributed by atoms with van der Waals surface area (Å²) in [7, 11) is -3.02. The van der Waals surface area contributed by atoms with Crippen molar-refractivity contribution in [2.45, 2.75) is 31.7 Å². The molecule has 0 saturated carbocycles. The number of sulfone groups is 1. The number of amides is 1. The van der Waals surface area contributed by atoms with Crippen LogP contribution in [0.15, 0.2) is 64.1 Å². The molecule has 2 heterocycles. The fraction of sp³-hybridized carbons (Fsp3) is 0.208. The van der Waals surface area contributed by atoms with Gasteiger partial charge < -0.3 is 9.84 Å². The number of aryl methyl sites for hydroxylation is 3. The molecule has 1 aliphatic heterocycles. The monoisotopic (exact) mass is 498 g/mol. The molecule has 176 valence electrons. The number of aromatic nitrogens is 1. The molecular formula is C24H22N2O6S2. The zero-order valence-corrected chi connectivity index (χ0v) is 20.5. The molecule has 1 N–H and O–H groups in total. The molecule has 8 nitrogen and oxygen atoms in total. The molecule has 0 bridgehead atoms. The molecule has 3 aromatic rings. The van der Waals surface area contributed by atoms with Gasteiger partial charge in [0.2, 0.25) is 9.84 Å². The maximum Gasteiger partial charge on any atom is 0.350 e. The smallest absolute Gasteiger partial charge is 0.350 e. The molecule has 1 amide bonds. The van der Waals surface area contributed by atoms with E-state index in [1.165, 1.54) is 19.2 Å². The maximum atomic E-state index is 13.7. The lowest BCUT2D eigenvalue weighted by atomic mass is 10.1. The number of rotatable bonds is 5. The minimum atomic E-state index is -4.26. The average Bonchev–Trinajstić information content (AvgIpc) is 3.31. The molecule has 1 aliphatic rings. The van der Waals surface area contributed by atoms with Gasteiger partial charge in [0.25, 0.3) is 5.91 Å². The number of thiazole rings is 1. The zero-order chi connectivity index (χ0) is 24.8. The molecule has 2 aromatic carbocycles. The first-order valence-electron chi connectivity index (χ1n) is 10.3. The number of aliphatic hydroxyl groups is 1. The quantitative estimate of drug-likeness (QED) is 0.525. The molecule has 0 spiro atoms. The summed E-state index contributed by atoms with van der Waals surface area (Å²) >= 11 is 0.894. The predicted octanol–water partition coefficient (Wildman–Crippen LogP) is 4.19. The van der Waals surface area contributed by atoms with Gasteiger partial charge in [-0.15, -0.1) is 0 Å². The summed E-state index contributed by atoms with van der Waals surface area (Å²) in [5.41, 5.74) is 2.61. The van der Waals surface area contributed by atoms with Crippen LogP contribution in [-0.2, 0) is 19.4 Å². The van der Waals surface area contributed by atoms with Crippen LogP contribution in [0.5, 0.6) is 0 Å². The van der Waals surface area contributed by atoms with E-state index in [4.69, 9.17) is 4.74 Å². The number of hydrogen-bond acceptors (Lipinski definition) is 8. The summed E-state index contributed by atoms with van der Waals surface area (Å²) in [6.07, 6.45) is 0. The Labute approximate surface area is 201 Å². The third-order valence-corrected chi connectivity index (χ3v) is 8.56. The van der Waals surface area contributed by atoms with Gasteiger partial charge >= 0.3 is 5.97 Å². The first kappa shape index (κ1) is 23.7. The van der Waals surface area contributed by atoms with Crippen molar-refractivity contribution in [1.29, 1.82) is 0 Å². The molecule has 0 saturated heterocycles. The molecular weight excluding hydrogens is 476 g/mol. The molecule has 0 fully saturated rings. The van der Waals surface area contributed by atoms with Gasteiger partial charge in [-0.1, -0.05) is 58.9 Å². The number of esters is 1. The normalized spacial score (nSPS) is 16.3. The van der Waals surface area contributed by atoms with E-state index in [-0.39, 0.29) is 14.9 Å². The summed E-state index contributed by atoms with van der Waals surface area (Å²) < 4.78 is 32.1. The van der Waals surface area contributed by atoms with Crippen LogP contribution in [0, 0.1) is 20.8 Å². The minimum absolute atomic E-state index is 0.0445. The van der Waals surface area contributed by atoms with E-state index in [2.05, 4.69) is 4.98 Å². The van der Waals surface area contributed by atoms with Crippen LogP contribution < -0.4 is 4.90 Å². The van der Waals surface area contributed by atoms with Gasteiger partial charge in [0, 0.05) is 0 Å². The first-order chi connectivity index (χ1) is 16.1. The second kappa shape index (κ2) is 8.69. The Kier molecular flexibility index (Phi) is 6.05. The lowest BCUT2D eigenvalue weighted by Crippen LogP contribution is -2.31. The Morgan fingerprint density at radius 3 is 2.15 bits per heavy atom. The van der Waals surface area contributed by atoms with Crippen molar-refractivity contribution in [1.82, 2.24) is 4.98 Å². The summed E-state index contributed by atoms with van der Waals surface area (Å²) in [4.78, 5) is 30.5. The zero-order valence-electron chi connectivity index (χ0n) is 18.9. The number of nitrogens with zero attached hydrogens (tertiary/aromatic N) is 2. The largest absolute Gasteiger partial charge is 0.502 e. The van der Waals surface area contributed by atoms with Gasteiger partial charge in [-0.25, -0.2) is 18.2 Å². The Hall–Kier alpha value is -3.50. The van der Waals surface area contributed by atoms with Crippen molar-refractivity contribution < 1.29 is 27.9 Å². The number of hydrogen-bond donors (Lipinski definition) is 1. The molecule has 1 aromatic heterocycles.